The Labute approximate surface area is 145 Å². The van der Waals surface area contributed by atoms with Crippen LogP contribution in [0.4, 0.5) is 4.39 Å². The molecule has 1 fully saturated rings. The fraction of sp³-hybridized carbons (Fsp3) is 0.444. The second-order valence-electron chi connectivity index (χ2n) is 6.13. The molecule has 0 atom stereocenters. The van der Waals surface area contributed by atoms with Crippen molar-refractivity contribution in [1.29, 1.82) is 0 Å². The molecule has 3 rings (SSSR count). The number of piperazine rings is 1. The Kier molecular flexibility index (Phi) is 5.78. The highest BCUT2D eigenvalue weighted by Crippen LogP contribution is 2.25. The third-order valence-corrected chi connectivity index (χ3v) is 4.50. The maximum Gasteiger partial charge on any atom is 0.222 e. The van der Waals surface area contributed by atoms with Crippen LogP contribution in [0.3, 0.4) is 0 Å². The lowest BCUT2D eigenvalue weighted by atomic mass is 10.0. The molecule has 0 radical (unpaired) electrons. The molecule has 7 heteroatoms. The highest BCUT2D eigenvalue weighted by Gasteiger charge is 2.21. The fourth-order valence-electron chi connectivity index (χ4n) is 3.04. The summed E-state index contributed by atoms with van der Waals surface area (Å²) < 4.78 is 18.3. The van der Waals surface area contributed by atoms with Gasteiger partial charge in [-0.2, -0.15) is 0 Å². The van der Waals surface area contributed by atoms with E-state index in [4.69, 9.17) is 9.63 Å². The summed E-state index contributed by atoms with van der Waals surface area (Å²) in [7, 11) is 0. The molecule has 1 amide bonds. The van der Waals surface area contributed by atoms with Crippen molar-refractivity contribution in [2.45, 2.75) is 12.8 Å². The van der Waals surface area contributed by atoms with Gasteiger partial charge in [0.1, 0.15) is 5.82 Å². The van der Waals surface area contributed by atoms with Gasteiger partial charge >= 0.3 is 0 Å². The summed E-state index contributed by atoms with van der Waals surface area (Å²) in [6, 6.07) is 6.03. The number of benzene rings is 1. The van der Waals surface area contributed by atoms with E-state index >= 15 is 0 Å². The van der Waals surface area contributed by atoms with E-state index < -0.39 is 0 Å². The number of carbonyl (C=O) groups excluding carboxylic acids is 1. The quantitative estimate of drug-likeness (QED) is 0.859. The molecule has 0 aliphatic carbocycles. The molecule has 1 saturated heterocycles. The lowest BCUT2D eigenvalue weighted by Gasteiger charge is -2.34. The Bertz CT molecular complexity index is 694. The number of hydrogen-bond donors (Lipinski definition) is 1. The molecule has 1 aromatic carbocycles. The van der Waals surface area contributed by atoms with E-state index in [2.05, 4.69) is 10.1 Å². The maximum atomic E-state index is 13.1. The van der Waals surface area contributed by atoms with Gasteiger partial charge in [0, 0.05) is 50.3 Å². The lowest BCUT2D eigenvalue weighted by Crippen LogP contribution is -2.49. The molecule has 1 N–H and O–H groups in total. The molecular formula is C18H22FN3O3. The zero-order chi connectivity index (χ0) is 17.6. The highest BCUT2D eigenvalue weighted by molar-refractivity contribution is 5.77. The standard InChI is InChI=1S/C18H22FN3O3/c19-16-4-1-14(2-5-16)18-15(13-20-25-18)3-6-17(24)22-9-7-21(8-10-22)11-12-23/h1-2,4-5,13,23H,3,6-12H2. The summed E-state index contributed by atoms with van der Waals surface area (Å²) in [5.74, 6) is 0.385. The SMILES string of the molecule is O=C(CCc1cnoc1-c1ccc(F)cc1)N1CCN(CCO)CC1. The van der Waals surface area contributed by atoms with Gasteiger partial charge in [-0.1, -0.05) is 5.16 Å². The first-order valence-corrected chi connectivity index (χ1v) is 8.48. The summed E-state index contributed by atoms with van der Waals surface area (Å²) in [4.78, 5) is 16.4. The van der Waals surface area contributed by atoms with Crippen molar-refractivity contribution in [3.05, 3.63) is 41.8 Å². The molecule has 1 aliphatic heterocycles. The number of nitrogens with zero attached hydrogens (tertiary/aromatic N) is 3. The topological polar surface area (TPSA) is 69.8 Å². The van der Waals surface area contributed by atoms with Crippen molar-refractivity contribution in [2.75, 3.05) is 39.3 Å². The summed E-state index contributed by atoms with van der Waals surface area (Å²) in [5, 5.41) is 12.8. The Morgan fingerprint density at radius 1 is 1.20 bits per heavy atom. The number of aliphatic hydroxyl groups excluding tert-OH is 1. The maximum absolute atomic E-state index is 13.1. The Hall–Kier alpha value is -2.25. The second kappa shape index (κ2) is 8.22. The second-order valence-corrected chi connectivity index (χ2v) is 6.13. The molecule has 25 heavy (non-hydrogen) atoms. The molecule has 1 aliphatic rings. The van der Waals surface area contributed by atoms with E-state index in [-0.39, 0.29) is 18.3 Å². The normalized spacial score (nSPS) is 15.5. The van der Waals surface area contributed by atoms with Crippen LogP contribution in [0.2, 0.25) is 0 Å². The van der Waals surface area contributed by atoms with Crippen LogP contribution in [0.15, 0.2) is 35.0 Å². The van der Waals surface area contributed by atoms with Crippen molar-refractivity contribution in [1.82, 2.24) is 15.0 Å². The monoisotopic (exact) mass is 347 g/mol. The summed E-state index contributed by atoms with van der Waals surface area (Å²) >= 11 is 0. The number of halogens is 1. The number of amides is 1. The fourth-order valence-corrected chi connectivity index (χ4v) is 3.04. The molecule has 2 heterocycles. The van der Waals surface area contributed by atoms with Crippen LogP contribution in [0, 0.1) is 5.82 Å². The van der Waals surface area contributed by atoms with E-state index in [1.165, 1.54) is 12.1 Å². The van der Waals surface area contributed by atoms with E-state index in [1.54, 1.807) is 18.3 Å². The van der Waals surface area contributed by atoms with Crippen LogP contribution in [0.25, 0.3) is 11.3 Å². The van der Waals surface area contributed by atoms with E-state index in [0.717, 1.165) is 24.2 Å². The molecule has 6 nitrogen and oxygen atoms in total. The Balaban J connectivity index is 1.55. The van der Waals surface area contributed by atoms with Crippen molar-refractivity contribution < 1.29 is 18.8 Å². The summed E-state index contributed by atoms with van der Waals surface area (Å²) in [6.45, 7) is 3.76. The van der Waals surface area contributed by atoms with E-state index in [1.807, 2.05) is 4.90 Å². The molecule has 0 unspecified atom stereocenters. The molecule has 1 aromatic heterocycles. The van der Waals surface area contributed by atoms with Crippen molar-refractivity contribution in [3.8, 4) is 11.3 Å². The number of β-amino-alcohol motifs (C(OH)–C–C–N with tert-alkyl or cyclic N) is 1. The third-order valence-electron chi connectivity index (χ3n) is 4.50. The predicted octanol–water partition coefficient (Wildman–Crippen LogP) is 1.55. The minimum Gasteiger partial charge on any atom is -0.395 e. The van der Waals surface area contributed by atoms with Crippen LogP contribution in [0.1, 0.15) is 12.0 Å². The van der Waals surface area contributed by atoms with Crippen LogP contribution in [-0.4, -0.2) is 65.3 Å². The first kappa shape index (κ1) is 17.6. The molecule has 0 spiro atoms. The zero-order valence-electron chi connectivity index (χ0n) is 14.0. The molecule has 134 valence electrons. The van der Waals surface area contributed by atoms with Gasteiger partial charge in [-0.15, -0.1) is 0 Å². The number of aryl methyl sites for hydroxylation is 1. The number of hydrogen-bond acceptors (Lipinski definition) is 5. The lowest BCUT2D eigenvalue weighted by molar-refractivity contribution is -0.132. The largest absolute Gasteiger partial charge is 0.395 e. The first-order chi connectivity index (χ1) is 12.2. The van der Waals surface area contributed by atoms with Crippen molar-refractivity contribution >= 4 is 5.91 Å². The number of carbonyl (C=O) groups is 1. The molecular weight excluding hydrogens is 325 g/mol. The van der Waals surface area contributed by atoms with E-state index in [9.17, 15) is 9.18 Å². The zero-order valence-corrected chi connectivity index (χ0v) is 14.0. The molecule has 0 saturated carbocycles. The van der Waals surface area contributed by atoms with Crippen molar-refractivity contribution in [2.24, 2.45) is 0 Å². The number of aromatic nitrogens is 1. The number of aliphatic hydroxyl groups is 1. The minimum atomic E-state index is -0.305. The van der Waals surface area contributed by atoms with E-state index in [0.29, 0.717) is 38.2 Å². The van der Waals surface area contributed by atoms with Gasteiger partial charge in [-0.25, -0.2) is 4.39 Å². The first-order valence-electron chi connectivity index (χ1n) is 8.48. The highest BCUT2D eigenvalue weighted by atomic mass is 19.1. The Morgan fingerprint density at radius 3 is 2.60 bits per heavy atom. The number of rotatable bonds is 6. The summed E-state index contributed by atoms with van der Waals surface area (Å²) in [6.07, 6.45) is 2.53. The molecule has 2 aromatic rings. The van der Waals surface area contributed by atoms with Crippen LogP contribution in [0.5, 0.6) is 0 Å². The van der Waals surface area contributed by atoms with Crippen LogP contribution >= 0.6 is 0 Å². The van der Waals surface area contributed by atoms with Crippen LogP contribution < -0.4 is 0 Å². The van der Waals surface area contributed by atoms with Gasteiger partial charge in [-0.3, -0.25) is 9.69 Å². The van der Waals surface area contributed by atoms with Gasteiger partial charge in [-0.05, 0) is 30.7 Å². The summed E-state index contributed by atoms with van der Waals surface area (Å²) in [5.41, 5.74) is 1.60. The minimum absolute atomic E-state index is 0.106. The Morgan fingerprint density at radius 2 is 1.92 bits per heavy atom. The van der Waals surface area contributed by atoms with Gasteiger partial charge in [0.25, 0.3) is 0 Å². The van der Waals surface area contributed by atoms with Crippen molar-refractivity contribution in [3.63, 3.8) is 0 Å². The van der Waals surface area contributed by atoms with Gasteiger partial charge in [0.2, 0.25) is 5.91 Å². The van der Waals surface area contributed by atoms with Gasteiger partial charge < -0.3 is 14.5 Å². The van der Waals surface area contributed by atoms with Gasteiger partial charge in [0.15, 0.2) is 5.76 Å². The average Bonchev–Trinajstić information content (AvgIpc) is 3.10. The van der Waals surface area contributed by atoms with Crippen LogP contribution in [-0.2, 0) is 11.2 Å². The molecule has 0 bridgehead atoms. The average molecular weight is 347 g/mol. The predicted molar refractivity (Wildman–Crippen MR) is 90.3 cm³/mol. The third kappa shape index (κ3) is 4.43. The smallest absolute Gasteiger partial charge is 0.222 e. The van der Waals surface area contributed by atoms with Gasteiger partial charge in [0.05, 0.1) is 12.8 Å².